The zero-order chi connectivity index (χ0) is 14.4. The lowest BCUT2D eigenvalue weighted by atomic mass is 10.0. The molecular formula is C14H19NO4. The van der Waals surface area contributed by atoms with Crippen LogP contribution in [0.15, 0.2) is 18.2 Å². The summed E-state index contributed by atoms with van der Waals surface area (Å²) in [6.45, 7) is 3.82. The molecule has 19 heavy (non-hydrogen) atoms. The van der Waals surface area contributed by atoms with Crippen LogP contribution in [-0.2, 0) is 20.7 Å². The average Bonchev–Trinajstić information content (AvgIpc) is 2.33. The Hall–Kier alpha value is -1.88. The molecule has 0 saturated carbocycles. The van der Waals surface area contributed by atoms with E-state index < -0.39 is 17.9 Å². The Morgan fingerprint density at radius 1 is 1.32 bits per heavy atom. The first-order chi connectivity index (χ1) is 8.93. The highest BCUT2D eigenvalue weighted by Crippen LogP contribution is 2.11. The van der Waals surface area contributed by atoms with Gasteiger partial charge in [-0.25, -0.2) is 4.79 Å². The van der Waals surface area contributed by atoms with Gasteiger partial charge in [0.05, 0.1) is 0 Å². The van der Waals surface area contributed by atoms with Crippen molar-refractivity contribution in [1.29, 1.82) is 0 Å². The fourth-order valence-corrected chi connectivity index (χ4v) is 1.73. The lowest BCUT2D eigenvalue weighted by Gasteiger charge is -2.15. The van der Waals surface area contributed by atoms with Gasteiger partial charge in [-0.3, -0.25) is 4.79 Å². The van der Waals surface area contributed by atoms with Gasteiger partial charge in [-0.15, -0.1) is 0 Å². The molecule has 2 N–H and O–H groups in total. The Kier molecular flexibility index (Phi) is 5.51. The van der Waals surface area contributed by atoms with E-state index in [-0.39, 0.29) is 13.0 Å². The van der Waals surface area contributed by atoms with Crippen LogP contribution in [0.5, 0.6) is 0 Å². The molecule has 0 aliphatic rings. The van der Waals surface area contributed by atoms with Crippen LogP contribution in [0, 0.1) is 13.8 Å². The summed E-state index contributed by atoms with van der Waals surface area (Å²) < 4.78 is 4.66. The number of methoxy groups -OCH3 is 1. The lowest BCUT2D eigenvalue weighted by molar-refractivity contribution is -0.142. The minimum atomic E-state index is -1.05. The SMILES string of the molecule is COCC(=O)N[C@H](Cc1ccc(C)c(C)c1)C(=O)O. The Morgan fingerprint density at radius 3 is 2.53 bits per heavy atom. The smallest absolute Gasteiger partial charge is 0.326 e. The molecule has 0 aliphatic heterocycles. The minimum Gasteiger partial charge on any atom is -0.480 e. The van der Waals surface area contributed by atoms with E-state index in [4.69, 9.17) is 5.11 Å². The third-order valence-corrected chi connectivity index (χ3v) is 2.92. The molecule has 1 amide bonds. The number of ether oxygens (including phenoxy) is 1. The van der Waals surface area contributed by atoms with Crippen LogP contribution in [0.4, 0.5) is 0 Å². The number of carboxylic acids is 1. The molecule has 5 heteroatoms. The maximum Gasteiger partial charge on any atom is 0.326 e. The number of amides is 1. The molecule has 0 fully saturated rings. The highest BCUT2D eigenvalue weighted by atomic mass is 16.5. The van der Waals surface area contributed by atoms with Gasteiger partial charge in [0.25, 0.3) is 0 Å². The van der Waals surface area contributed by atoms with Crippen molar-refractivity contribution in [3.05, 3.63) is 34.9 Å². The predicted molar refractivity (Wildman–Crippen MR) is 71.1 cm³/mol. The van der Waals surface area contributed by atoms with Gasteiger partial charge in [-0.1, -0.05) is 18.2 Å². The van der Waals surface area contributed by atoms with Crippen LogP contribution >= 0.6 is 0 Å². The van der Waals surface area contributed by atoms with Crippen molar-refractivity contribution in [2.24, 2.45) is 0 Å². The number of rotatable bonds is 6. The third kappa shape index (κ3) is 4.71. The number of benzene rings is 1. The van der Waals surface area contributed by atoms with Gasteiger partial charge >= 0.3 is 5.97 Å². The zero-order valence-corrected chi connectivity index (χ0v) is 11.4. The maximum absolute atomic E-state index is 11.4. The molecule has 0 bridgehead atoms. The van der Waals surface area contributed by atoms with E-state index in [0.717, 1.165) is 16.7 Å². The number of carbonyl (C=O) groups excluding carboxylic acids is 1. The molecule has 1 rings (SSSR count). The van der Waals surface area contributed by atoms with Crippen LogP contribution in [0.2, 0.25) is 0 Å². The van der Waals surface area contributed by atoms with E-state index in [1.807, 2.05) is 32.0 Å². The molecule has 0 saturated heterocycles. The summed E-state index contributed by atoms with van der Waals surface area (Å²) in [4.78, 5) is 22.5. The Balaban J connectivity index is 2.75. The summed E-state index contributed by atoms with van der Waals surface area (Å²) in [5, 5.41) is 11.6. The second-order valence-electron chi connectivity index (χ2n) is 4.51. The van der Waals surface area contributed by atoms with E-state index in [2.05, 4.69) is 10.1 Å². The average molecular weight is 265 g/mol. The molecule has 0 radical (unpaired) electrons. The second-order valence-corrected chi connectivity index (χ2v) is 4.51. The fourth-order valence-electron chi connectivity index (χ4n) is 1.73. The van der Waals surface area contributed by atoms with Crippen LogP contribution in [0.3, 0.4) is 0 Å². The zero-order valence-electron chi connectivity index (χ0n) is 11.4. The van der Waals surface area contributed by atoms with Gasteiger partial charge < -0.3 is 15.2 Å². The standard InChI is InChI=1S/C14H19NO4/c1-9-4-5-11(6-10(9)2)7-12(14(17)18)15-13(16)8-19-3/h4-6,12H,7-8H2,1-3H3,(H,15,16)(H,17,18)/t12-/m1/s1. The monoisotopic (exact) mass is 265 g/mol. The first kappa shape index (κ1) is 15.2. The van der Waals surface area contributed by atoms with Crippen LogP contribution in [0.1, 0.15) is 16.7 Å². The molecule has 1 aromatic rings. The number of carbonyl (C=O) groups is 2. The first-order valence-electron chi connectivity index (χ1n) is 6.01. The van der Waals surface area contributed by atoms with E-state index in [1.165, 1.54) is 7.11 Å². The van der Waals surface area contributed by atoms with Gasteiger partial charge in [-0.2, -0.15) is 0 Å². The van der Waals surface area contributed by atoms with E-state index in [1.54, 1.807) is 0 Å². The number of aryl methyl sites for hydroxylation is 2. The molecule has 1 atom stereocenters. The minimum absolute atomic E-state index is 0.142. The lowest BCUT2D eigenvalue weighted by Crippen LogP contribution is -2.43. The maximum atomic E-state index is 11.4. The summed E-state index contributed by atoms with van der Waals surface area (Å²) >= 11 is 0. The molecule has 0 heterocycles. The Labute approximate surface area is 112 Å². The van der Waals surface area contributed by atoms with Crippen molar-refractivity contribution in [2.45, 2.75) is 26.3 Å². The topological polar surface area (TPSA) is 75.6 Å². The van der Waals surface area contributed by atoms with Crippen molar-refractivity contribution >= 4 is 11.9 Å². The highest BCUT2D eigenvalue weighted by Gasteiger charge is 2.20. The van der Waals surface area contributed by atoms with Gasteiger partial charge in [0.2, 0.25) is 5.91 Å². The highest BCUT2D eigenvalue weighted by molar-refractivity contribution is 5.84. The normalized spacial score (nSPS) is 11.9. The summed E-state index contributed by atoms with van der Waals surface area (Å²) in [5.74, 6) is -1.48. The summed E-state index contributed by atoms with van der Waals surface area (Å²) in [5.41, 5.74) is 3.14. The van der Waals surface area contributed by atoms with Crippen LogP contribution in [0.25, 0.3) is 0 Å². The van der Waals surface area contributed by atoms with Crippen molar-refractivity contribution in [1.82, 2.24) is 5.32 Å². The molecule has 0 unspecified atom stereocenters. The van der Waals surface area contributed by atoms with E-state index in [0.29, 0.717) is 0 Å². The molecule has 5 nitrogen and oxygen atoms in total. The van der Waals surface area contributed by atoms with Gasteiger partial charge in [0.1, 0.15) is 12.6 Å². The number of aliphatic carboxylic acids is 1. The molecule has 0 spiro atoms. The number of nitrogens with one attached hydrogen (secondary N) is 1. The summed E-state index contributed by atoms with van der Waals surface area (Å²) in [7, 11) is 1.39. The van der Waals surface area contributed by atoms with E-state index in [9.17, 15) is 9.59 Å². The van der Waals surface area contributed by atoms with Crippen molar-refractivity contribution in [2.75, 3.05) is 13.7 Å². The summed E-state index contributed by atoms with van der Waals surface area (Å²) in [6, 6.07) is 4.82. The van der Waals surface area contributed by atoms with Crippen molar-refractivity contribution in [3.63, 3.8) is 0 Å². The van der Waals surface area contributed by atoms with Gasteiger partial charge in [-0.05, 0) is 30.5 Å². The molecule has 104 valence electrons. The van der Waals surface area contributed by atoms with E-state index >= 15 is 0 Å². The molecule has 0 aliphatic carbocycles. The number of hydrogen-bond donors (Lipinski definition) is 2. The largest absolute Gasteiger partial charge is 0.480 e. The van der Waals surface area contributed by atoms with Gasteiger partial charge in [0, 0.05) is 13.5 Å². The fraction of sp³-hybridized carbons (Fsp3) is 0.429. The van der Waals surface area contributed by atoms with Crippen molar-refractivity contribution in [3.8, 4) is 0 Å². The molecular weight excluding hydrogens is 246 g/mol. The number of carboxylic acid groups (broad SMARTS) is 1. The third-order valence-electron chi connectivity index (χ3n) is 2.92. The second kappa shape index (κ2) is 6.89. The summed E-state index contributed by atoms with van der Waals surface area (Å²) in [6.07, 6.45) is 0.256. The van der Waals surface area contributed by atoms with Gasteiger partial charge in [0.15, 0.2) is 0 Å². The quantitative estimate of drug-likeness (QED) is 0.806. The van der Waals surface area contributed by atoms with Crippen molar-refractivity contribution < 1.29 is 19.4 Å². The van der Waals surface area contributed by atoms with Crippen LogP contribution in [-0.4, -0.2) is 36.7 Å². The molecule has 1 aromatic carbocycles. The molecule has 0 aromatic heterocycles. The first-order valence-corrected chi connectivity index (χ1v) is 6.01. The Morgan fingerprint density at radius 2 is 2.00 bits per heavy atom. The van der Waals surface area contributed by atoms with Crippen LogP contribution < -0.4 is 5.32 Å². The predicted octanol–water partition coefficient (Wildman–Crippen LogP) is 1.06. The number of hydrogen-bond acceptors (Lipinski definition) is 3. The Bertz CT molecular complexity index is 471.